The minimum Gasteiger partial charge on any atom is -0.477 e. The van der Waals surface area contributed by atoms with Crippen LogP contribution in [0.2, 0.25) is 0 Å². The summed E-state index contributed by atoms with van der Waals surface area (Å²) in [6.45, 7) is 1.78. The van der Waals surface area contributed by atoms with Gasteiger partial charge < -0.3 is 5.11 Å². The molecule has 1 N–H and O–H groups in total. The molecule has 6 heteroatoms. The van der Waals surface area contributed by atoms with E-state index in [9.17, 15) is 4.79 Å². The Kier molecular flexibility index (Phi) is 1.37. The van der Waals surface area contributed by atoms with Crippen LogP contribution in [0.1, 0.15) is 15.5 Å². The van der Waals surface area contributed by atoms with Gasteiger partial charge in [0.05, 0.1) is 0 Å². The fraction of sp³-hybridized carbons (Fsp3) is 0.167. The highest BCUT2D eigenvalue weighted by Gasteiger charge is 2.10. The third kappa shape index (κ3) is 0.884. The molecule has 0 aliphatic rings. The van der Waals surface area contributed by atoms with Gasteiger partial charge in [-0.05, 0) is 6.92 Å². The Morgan fingerprint density at radius 1 is 1.67 bits per heavy atom. The summed E-state index contributed by atoms with van der Waals surface area (Å²) in [6.07, 6.45) is 1.53. The van der Waals surface area contributed by atoms with E-state index in [1.54, 1.807) is 11.3 Å². The monoisotopic (exact) mass is 183 g/mol. The molecule has 0 atom stereocenters. The summed E-state index contributed by atoms with van der Waals surface area (Å²) in [7, 11) is 0. The second-order valence-corrected chi connectivity index (χ2v) is 3.31. The fourth-order valence-corrected chi connectivity index (χ4v) is 1.72. The first-order chi connectivity index (χ1) is 5.68. The van der Waals surface area contributed by atoms with E-state index >= 15 is 0 Å². The number of hydrogen-bond acceptors (Lipinski definition) is 4. The summed E-state index contributed by atoms with van der Waals surface area (Å²) in [5.41, 5.74) is 0. The molecule has 0 aliphatic carbocycles. The van der Waals surface area contributed by atoms with E-state index in [1.165, 1.54) is 6.20 Å². The van der Waals surface area contributed by atoms with Crippen LogP contribution < -0.4 is 0 Å². The highest BCUT2D eigenvalue weighted by atomic mass is 32.1. The molecule has 2 rings (SSSR count). The zero-order valence-electron chi connectivity index (χ0n) is 6.18. The topological polar surface area (TPSA) is 67.5 Å². The zero-order chi connectivity index (χ0) is 8.72. The van der Waals surface area contributed by atoms with Crippen LogP contribution in [0.3, 0.4) is 0 Å². The van der Waals surface area contributed by atoms with Crippen molar-refractivity contribution in [3.8, 4) is 0 Å². The summed E-state index contributed by atoms with van der Waals surface area (Å²) in [5.74, 6) is -0.223. The van der Waals surface area contributed by atoms with Crippen LogP contribution in [-0.4, -0.2) is 25.7 Å². The van der Waals surface area contributed by atoms with Gasteiger partial charge in [-0.2, -0.15) is 0 Å². The van der Waals surface area contributed by atoms with Crippen LogP contribution in [0.15, 0.2) is 6.20 Å². The lowest BCUT2D eigenvalue weighted by Crippen LogP contribution is -1.91. The largest absolute Gasteiger partial charge is 0.477 e. The number of carboxylic acids is 1. The number of aryl methyl sites for hydroxylation is 1. The van der Waals surface area contributed by atoms with Gasteiger partial charge in [0.2, 0.25) is 4.96 Å². The Morgan fingerprint density at radius 2 is 2.42 bits per heavy atom. The molecule has 5 nitrogen and oxygen atoms in total. The lowest BCUT2D eigenvalue weighted by atomic mass is 10.5. The van der Waals surface area contributed by atoms with Gasteiger partial charge in [0.25, 0.3) is 0 Å². The van der Waals surface area contributed by atoms with Gasteiger partial charge in [-0.25, -0.2) is 4.79 Å². The first-order valence-corrected chi connectivity index (χ1v) is 4.04. The van der Waals surface area contributed by atoms with Crippen molar-refractivity contribution < 1.29 is 9.90 Å². The standard InChI is InChI=1S/C6H5N3O2S/c1-3-7-8-6-9(3)2-4(12-6)5(10)11/h2H,1H3,(H,10,11). The molecule has 2 aromatic rings. The molecule has 0 fully saturated rings. The molecule has 0 saturated heterocycles. The predicted molar refractivity (Wildman–Crippen MR) is 42.6 cm³/mol. The highest BCUT2D eigenvalue weighted by molar-refractivity contribution is 7.18. The van der Waals surface area contributed by atoms with E-state index in [-0.39, 0.29) is 4.88 Å². The lowest BCUT2D eigenvalue weighted by molar-refractivity contribution is 0.0702. The minimum absolute atomic E-state index is 0.281. The molecule has 0 spiro atoms. The van der Waals surface area contributed by atoms with Crippen LogP contribution in [0.5, 0.6) is 0 Å². The molecule has 0 unspecified atom stereocenters. The van der Waals surface area contributed by atoms with E-state index in [2.05, 4.69) is 10.2 Å². The summed E-state index contributed by atoms with van der Waals surface area (Å²) in [6, 6.07) is 0. The van der Waals surface area contributed by atoms with Crippen LogP contribution in [0.4, 0.5) is 0 Å². The Morgan fingerprint density at radius 3 is 3.00 bits per heavy atom. The lowest BCUT2D eigenvalue weighted by Gasteiger charge is -1.82. The molecule has 0 aliphatic heterocycles. The average molecular weight is 183 g/mol. The van der Waals surface area contributed by atoms with Crippen LogP contribution in [-0.2, 0) is 0 Å². The van der Waals surface area contributed by atoms with Gasteiger partial charge in [0, 0.05) is 6.20 Å². The summed E-state index contributed by atoms with van der Waals surface area (Å²) >= 11 is 1.12. The van der Waals surface area contributed by atoms with E-state index < -0.39 is 5.97 Å². The van der Waals surface area contributed by atoms with Crippen molar-refractivity contribution in [1.82, 2.24) is 14.6 Å². The van der Waals surface area contributed by atoms with Crippen LogP contribution >= 0.6 is 11.3 Å². The molecule has 2 aromatic heterocycles. The zero-order valence-corrected chi connectivity index (χ0v) is 7.00. The van der Waals surface area contributed by atoms with Crippen molar-refractivity contribution >= 4 is 22.3 Å². The van der Waals surface area contributed by atoms with Gasteiger partial charge in [-0.15, -0.1) is 10.2 Å². The Hall–Kier alpha value is -1.43. The Balaban J connectivity index is 2.70. The normalized spacial score (nSPS) is 10.8. The molecule has 0 amide bonds. The third-order valence-electron chi connectivity index (χ3n) is 1.49. The summed E-state index contributed by atoms with van der Waals surface area (Å²) in [5, 5.41) is 16.2. The molecule has 0 aromatic carbocycles. The number of carbonyl (C=O) groups is 1. The van der Waals surface area contributed by atoms with Gasteiger partial charge in [-0.1, -0.05) is 11.3 Å². The number of thiazole rings is 1. The quantitative estimate of drug-likeness (QED) is 0.710. The second kappa shape index (κ2) is 2.28. The summed E-state index contributed by atoms with van der Waals surface area (Å²) in [4.78, 5) is 11.4. The smallest absolute Gasteiger partial charge is 0.347 e. The van der Waals surface area contributed by atoms with Crippen molar-refractivity contribution in [2.75, 3.05) is 0 Å². The third-order valence-corrected chi connectivity index (χ3v) is 2.45. The average Bonchev–Trinajstić information content (AvgIpc) is 2.53. The first kappa shape index (κ1) is 7.23. The van der Waals surface area contributed by atoms with E-state index in [4.69, 9.17) is 5.11 Å². The molecule has 0 bridgehead atoms. The SMILES string of the molecule is Cc1nnc2sc(C(=O)O)cn12. The van der Waals surface area contributed by atoms with Crippen LogP contribution in [0, 0.1) is 6.92 Å². The maximum Gasteiger partial charge on any atom is 0.347 e. The van der Waals surface area contributed by atoms with Crippen LogP contribution in [0.25, 0.3) is 4.96 Å². The molecular formula is C6H5N3O2S. The molecule has 0 radical (unpaired) electrons. The first-order valence-electron chi connectivity index (χ1n) is 3.23. The van der Waals surface area contributed by atoms with Gasteiger partial charge in [0.1, 0.15) is 10.7 Å². The number of nitrogens with zero attached hydrogens (tertiary/aromatic N) is 3. The van der Waals surface area contributed by atoms with Crippen molar-refractivity contribution in [2.24, 2.45) is 0 Å². The summed E-state index contributed by atoms with van der Waals surface area (Å²) < 4.78 is 1.66. The molecule has 0 saturated carbocycles. The predicted octanol–water partition coefficient (Wildman–Crippen LogP) is 0.797. The Bertz CT molecular complexity index is 445. The number of rotatable bonds is 1. The minimum atomic E-state index is -0.926. The number of carboxylic acid groups (broad SMARTS) is 1. The molecule has 62 valence electrons. The number of aromatic nitrogens is 3. The van der Waals surface area contributed by atoms with Crippen molar-refractivity contribution in [3.63, 3.8) is 0 Å². The maximum absolute atomic E-state index is 10.5. The van der Waals surface area contributed by atoms with Gasteiger partial charge in [-0.3, -0.25) is 4.40 Å². The number of aromatic carboxylic acids is 1. The van der Waals surface area contributed by atoms with E-state index in [0.29, 0.717) is 10.8 Å². The van der Waals surface area contributed by atoms with Crippen molar-refractivity contribution in [1.29, 1.82) is 0 Å². The maximum atomic E-state index is 10.5. The van der Waals surface area contributed by atoms with Crippen molar-refractivity contribution in [2.45, 2.75) is 6.92 Å². The van der Waals surface area contributed by atoms with E-state index in [1.807, 2.05) is 0 Å². The van der Waals surface area contributed by atoms with Gasteiger partial charge >= 0.3 is 5.97 Å². The van der Waals surface area contributed by atoms with Crippen molar-refractivity contribution in [3.05, 3.63) is 16.9 Å². The number of fused-ring (bicyclic) bond motifs is 1. The highest BCUT2D eigenvalue weighted by Crippen LogP contribution is 2.16. The molecule has 12 heavy (non-hydrogen) atoms. The van der Waals surface area contributed by atoms with Gasteiger partial charge in [0.15, 0.2) is 0 Å². The second-order valence-electron chi connectivity index (χ2n) is 2.30. The van der Waals surface area contributed by atoms with E-state index in [0.717, 1.165) is 11.3 Å². The molecule has 2 heterocycles. The number of hydrogen-bond donors (Lipinski definition) is 1. The molecular weight excluding hydrogens is 178 g/mol. The fourth-order valence-electron chi connectivity index (χ4n) is 0.909. The Labute approximate surface area is 71.3 Å².